The number of hydrogen-bond acceptors (Lipinski definition) is 0. The van der Waals surface area contributed by atoms with Crippen molar-refractivity contribution in [3.05, 3.63) is 82.4 Å². The van der Waals surface area contributed by atoms with Crippen molar-refractivity contribution in [2.24, 2.45) is 0 Å². The Hall–Kier alpha value is -2.62. The molecule has 0 aliphatic heterocycles. The maximum Gasteiger partial charge on any atom is 0.159 e. The van der Waals surface area contributed by atoms with Crippen molar-refractivity contribution in [3.8, 4) is 22.3 Å². The second-order valence-corrected chi connectivity index (χ2v) is 7.65. The van der Waals surface area contributed by atoms with Crippen LogP contribution in [-0.4, -0.2) is 0 Å². The van der Waals surface area contributed by atoms with Crippen LogP contribution >= 0.6 is 0 Å². The van der Waals surface area contributed by atoms with Crippen LogP contribution < -0.4 is 0 Å². The first-order chi connectivity index (χ1) is 14.0. The molecule has 0 saturated heterocycles. The average Bonchev–Trinajstić information content (AvgIpc) is 2.70. The minimum atomic E-state index is -1.13. The first-order valence-electron chi connectivity index (χ1n) is 10.1. The van der Waals surface area contributed by atoms with Gasteiger partial charge in [-0.3, -0.25) is 0 Å². The molecule has 3 aromatic rings. The molecule has 4 rings (SSSR count). The highest BCUT2D eigenvalue weighted by atomic mass is 19.2. The minimum Gasteiger partial charge on any atom is -0.206 e. The number of hydrogen-bond donors (Lipinski definition) is 0. The fourth-order valence-electron chi connectivity index (χ4n) is 4.17. The summed E-state index contributed by atoms with van der Waals surface area (Å²) in [5.41, 5.74) is 3.87. The molecule has 29 heavy (non-hydrogen) atoms. The lowest BCUT2D eigenvalue weighted by atomic mass is 9.82. The molecule has 3 aromatic carbocycles. The van der Waals surface area contributed by atoms with E-state index in [0.717, 1.165) is 42.5 Å². The standard InChI is InChI=1S/C25H22F4/c1-2-3-4-5-15-6-9-18-16(12-15)7-10-19-20(18)14-23(28)24(25(19)29)17-8-11-21(26)22(27)13-17/h6,8-9,11-14H,2-5,7,10H2,1H3. The van der Waals surface area contributed by atoms with Gasteiger partial charge in [-0.25, -0.2) is 17.6 Å². The summed E-state index contributed by atoms with van der Waals surface area (Å²) in [7, 11) is 0. The van der Waals surface area contributed by atoms with Crippen LogP contribution in [0.4, 0.5) is 17.6 Å². The zero-order valence-corrected chi connectivity index (χ0v) is 16.3. The molecule has 0 N–H and O–H groups in total. The SMILES string of the molecule is CCCCCc1ccc2c(c1)CCc1c-2cc(F)c(-c2ccc(F)c(F)c2)c1F. The van der Waals surface area contributed by atoms with Crippen molar-refractivity contribution in [1.82, 2.24) is 0 Å². The highest BCUT2D eigenvalue weighted by Crippen LogP contribution is 2.40. The van der Waals surface area contributed by atoms with Crippen LogP contribution in [0.3, 0.4) is 0 Å². The highest BCUT2D eigenvalue weighted by Gasteiger charge is 2.25. The van der Waals surface area contributed by atoms with Gasteiger partial charge in [0.15, 0.2) is 11.6 Å². The number of benzene rings is 3. The second kappa shape index (κ2) is 8.02. The monoisotopic (exact) mass is 398 g/mol. The molecule has 0 heterocycles. The van der Waals surface area contributed by atoms with Crippen molar-refractivity contribution in [1.29, 1.82) is 0 Å². The van der Waals surface area contributed by atoms with Gasteiger partial charge in [0.1, 0.15) is 11.6 Å². The van der Waals surface area contributed by atoms with Crippen LogP contribution in [0.25, 0.3) is 22.3 Å². The van der Waals surface area contributed by atoms with E-state index in [1.807, 2.05) is 12.1 Å². The molecule has 0 bridgehead atoms. The number of halogens is 4. The largest absolute Gasteiger partial charge is 0.206 e. The summed E-state index contributed by atoms with van der Waals surface area (Å²) in [4.78, 5) is 0. The van der Waals surface area contributed by atoms with Crippen LogP contribution in [-0.2, 0) is 19.3 Å². The van der Waals surface area contributed by atoms with Gasteiger partial charge in [0, 0.05) is 0 Å². The van der Waals surface area contributed by atoms with Crippen LogP contribution in [0, 0.1) is 23.3 Å². The quantitative estimate of drug-likeness (QED) is 0.310. The number of rotatable bonds is 5. The van der Waals surface area contributed by atoms with Crippen molar-refractivity contribution >= 4 is 0 Å². The summed E-state index contributed by atoms with van der Waals surface area (Å²) < 4.78 is 57.0. The van der Waals surface area contributed by atoms with E-state index in [4.69, 9.17) is 0 Å². The lowest BCUT2D eigenvalue weighted by molar-refractivity contribution is 0.508. The first-order valence-corrected chi connectivity index (χ1v) is 10.1. The van der Waals surface area contributed by atoms with Crippen LogP contribution in [0.5, 0.6) is 0 Å². The van der Waals surface area contributed by atoms with Crippen molar-refractivity contribution in [3.63, 3.8) is 0 Å². The lowest BCUT2D eigenvalue weighted by Crippen LogP contribution is -2.09. The van der Waals surface area contributed by atoms with Crippen molar-refractivity contribution in [2.75, 3.05) is 0 Å². The fraction of sp³-hybridized carbons (Fsp3) is 0.280. The molecule has 0 fully saturated rings. The maximum absolute atomic E-state index is 15.3. The van der Waals surface area contributed by atoms with Crippen LogP contribution in [0.15, 0.2) is 42.5 Å². The molecule has 1 aliphatic carbocycles. The first kappa shape index (κ1) is 19.7. The summed E-state index contributed by atoms with van der Waals surface area (Å²) >= 11 is 0. The second-order valence-electron chi connectivity index (χ2n) is 7.65. The molecule has 0 amide bonds. The van der Waals surface area contributed by atoms with Crippen molar-refractivity contribution < 1.29 is 17.6 Å². The fourth-order valence-corrected chi connectivity index (χ4v) is 4.17. The van der Waals surface area contributed by atoms with Gasteiger partial charge in [-0.15, -0.1) is 0 Å². The van der Waals surface area contributed by atoms with E-state index in [1.165, 1.54) is 24.1 Å². The third kappa shape index (κ3) is 3.68. The van der Waals surface area contributed by atoms with E-state index in [1.54, 1.807) is 0 Å². The zero-order valence-electron chi connectivity index (χ0n) is 16.3. The van der Waals surface area contributed by atoms with Crippen LogP contribution in [0.2, 0.25) is 0 Å². The molecule has 0 radical (unpaired) electrons. The topological polar surface area (TPSA) is 0 Å². The minimum absolute atomic E-state index is 0.00114. The molecule has 4 heteroatoms. The molecule has 1 aliphatic rings. The maximum atomic E-state index is 15.3. The molecule has 0 aromatic heterocycles. The third-order valence-corrected chi connectivity index (χ3v) is 5.70. The van der Waals surface area contributed by atoms with Crippen molar-refractivity contribution in [2.45, 2.75) is 45.4 Å². The van der Waals surface area contributed by atoms with Gasteiger partial charge in [-0.1, -0.05) is 44.0 Å². The number of fused-ring (bicyclic) bond motifs is 3. The van der Waals surface area contributed by atoms with E-state index < -0.39 is 23.3 Å². The predicted octanol–water partition coefficient (Wildman–Crippen LogP) is 7.41. The van der Waals surface area contributed by atoms with E-state index in [0.29, 0.717) is 24.0 Å². The molecule has 0 nitrogen and oxygen atoms in total. The van der Waals surface area contributed by atoms with Gasteiger partial charge in [0.05, 0.1) is 5.56 Å². The van der Waals surface area contributed by atoms with Gasteiger partial charge in [-0.05, 0) is 77.3 Å². The Morgan fingerprint density at radius 3 is 2.34 bits per heavy atom. The number of aryl methyl sites for hydroxylation is 2. The molecule has 0 spiro atoms. The zero-order chi connectivity index (χ0) is 20.5. The summed E-state index contributed by atoms with van der Waals surface area (Å²) in [6.07, 6.45) is 5.60. The summed E-state index contributed by atoms with van der Waals surface area (Å²) in [5.74, 6) is -3.63. The predicted molar refractivity (Wildman–Crippen MR) is 108 cm³/mol. The molecule has 0 saturated carbocycles. The smallest absolute Gasteiger partial charge is 0.159 e. The van der Waals surface area contributed by atoms with Gasteiger partial charge in [0.2, 0.25) is 0 Å². The molecule has 0 atom stereocenters. The van der Waals surface area contributed by atoms with Gasteiger partial charge in [-0.2, -0.15) is 0 Å². The Morgan fingerprint density at radius 1 is 0.759 bits per heavy atom. The highest BCUT2D eigenvalue weighted by molar-refractivity contribution is 5.78. The number of unbranched alkanes of at least 4 members (excludes halogenated alkanes) is 2. The Labute approximate surface area is 168 Å². The molecule has 0 unspecified atom stereocenters. The van der Waals surface area contributed by atoms with E-state index in [-0.39, 0.29) is 11.1 Å². The van der Waals surface area contributed by atoms with E-state index >= 15 is 4.39 Å². The lowest BCUT2D eigenvalue weighted by Gasteiger charge is -2.23. The van der Waals surface area contributed by atoms with E-state index in [9.17, 15) is 13.2 Å². The van der Waals surface area contributed by atoms with Gasteiger partial charge < -0.3 is 0 Å². The molecule has 150 valence electrons. The third-order valence-electron chi connectivity index (χ3n) is 5.70. The summed E-state index contributed by atoms with van der Waals surface area (Å²) in [6.45, 7) is 2.17. The summed E-state index contributed by atoms with van der Waals surface area (Å²) in [5, 5.41) is 0. The van der Waals surface area contributed by atoms with E-state index in [2.05, 4.69) is 13.0 Å². The summed E-state index contributed by atoms with van der Waals surface area (Å²) in [6, 6.07) is 10.4. The Balaban J connectivity index is 1.75. The molecular formula is C25H22F4. The Morgan fingerprint density at radius 2 is 1.59 bits per heavy atom. The normalized spacial score (nSPS) is 12.6. The Kier molecular flexibility index (Phi) is 5.44. The van der Waals surface area contributed by atoms with Crippen LogP contribution in [0.1, 0.15) is 42.9 Å². The average molecular weight is 398 g/mol. The van der Waals surface area contributed by atoms with Gasteiger partial charge in [0.25, 0.3) is 0 Å². The van der Waals surface area contributed by atoms with Gasteiger partial charge >= 0.3 is 0 Å². The Bertz CT molecular complexity index is 1070. The molecular weight excluding hydrogens is 376 g/mol.